The second-order valence-corrected chi connectivity index (χ2v) is 29.3. The largest absolute Gasteiger partial charge is 0.497 e. The number of nitriles is 1. The number of likely N-dealkylation sites (tertiary alicyclic amines) is 5. The maximum absolute atomic E-state index is 11.8. The number of rotatable bonds is 25. The van der Waals surface area contributed by atoms with Crippen LogP contribution in [0.2, 0.25) is 0 Å². The quantitative estimate of drug-likeness (QED) is 0.0391. The molecule has 4 aromatic carbocycles. The average molecular weight is 1530 g/mol. The van der Waals surface area contributed by atoms with E-state index >= 15 is 0 Å². The molecule has 4 aromatic rings. The van der Waals surface area contributed by atoms with E-state index in [1.807, 2.05) is 135 Å². The molecule has 6 aliphatic rings. The smallest absolute Gasteiger partial charge is 0.344 e. The number of benzene rings is 4. The summed E-state index contributed by atoms with van der Waals surface area (Å²) >= 11 is 0. The van der Waals surface area contributed by atoms with E-state index in [0.717, 1.165) is 79.6 Å². The van der Waals surface area contributed by atoms with Crippen molar-refractivity contribution in [3.63, 3.8) is 0 Å². The van der Waals surface area contributed by atoms with Crippen LogP contribution in [0.5, 0.6) is 17.2 Å². The van der Waals surface area contributed by atoms with Gasteiger partial charge in [0, 0.05) is 69.5 Å². The molecule has 0 unspecified atom stereocenters. The van der Waals surface area contributed by atoms with Gasteiger partial charge in [-0.3, -0.25) is 0 Å². The van der Waals surface area contributed by atoms with E-state index in [1.54, 1.807) is 7.11 Å². The van der Waals surface area contributed by atoms with Gasteiger partial charge in [-0.1, -0.05) is 74.7 Å². The first-order valence-electron chi connectivity index (χ1n) is 36.3. The Morgan fingerprint density at radius 3 is 1.25 bits per heavy atom. The number of nitrogens with one attached hydrogen (secondary N) is 3. The Bertz CT molecular complexity index is 2900. The van der Waals surface area contributed by atoms with Gasteiger partial charge in [0.05, 0.1) is 18.7 Å². The minimum absolute atomic E-state index is 0. The Kier molecular flexibility index (Phi) is 51.4. The van der Waals surface area contributed by atoms with Crippen molar-refractivity contribution in [1.29, 1.82) is 5.26 Å². The third-order valence-corrected chi connectivity index (χ3v) is 18.9. The number of ether oxygens (including phenoxy) is 5. The maximum atomic E-state index is 11.8. The van der Waals surface area contributed by atoms with Crippen molar-refractivity contribution >= 4 is 92.9 Å². The standard InChI is InChI=1S/C19H30N2O3.C18H28N2O3.C14H19N3.C14H22N2O.C13H26N2.6H2S/c1-19(2,3)24-18(22)14-23-16-9-7-8-15(12-16)17(20-4)13-21-10-5-6-11-21;1-18(2,3)23-17(21)13-22-15-8-6-7-14(11-15)16(19)12-20-9-4-5-10-20;1-16-14(11-17-7-2-3-8-17)13-6-4-5-12(9-13)10-15;1-11-6-7-16(9-11)10-14(15)12-4-3-5-13(8-12)17-2;1-14-13(11-15-9-5-6-10-15)12-7-3-2-4-8-12;;;;;;/h7-9,12,17,20H,5-6,10-11,13-14H2,1-4H3;6-8,11,16H,4-5,9-10,12-13,19H2,1-3H3;4-6,9,14,16H,2-3,7-8,11H2,1H3;3-5,8,11,14H,6-7,9-10,15H2,1-2H3;12-14H,2-11H2,1H3;6*1H2/t17-;16-;14-;11-,14+;13-;;;;;;/m11101....../s1. The molecule has 7 N–H and O–H groups in total. The Balaban J connectivity index is 0.00000124. The molecule has 18 nitrogen and oxygen atoms in total. The molecule has 5 saturated heterocycles. The highest BCUT2D eigenvalue weighted by molar-refractivity contribution is 7.60. The lowest BCUT2D eigenvalue weighted by atomic mass is 9.84. The van der Waals surface area contributed by atoms with E-state index in [9.17, 15) is 9.59 Å². The van der Waals surface area contributed by atoms with Gasteiger partial charge < -0.3 is 75.6 Å². The predicted molar refractivity (Wildman–Crippen MR) is 452 cm³/mol. The van der Waals surface area contributed by atoms with Crippen LogP contribution in [0.3, 0.4) is 0 Å². The summed E-state index contributed by atoms with van der Waals surface area (Å²) in [5.41, 5.74) is 16.9. The monoisotopic (exact) mass is 1530 g/mol. The van der Waals surface area contributed by atoms with Crippen LogP contribution in [-0.4, -0.2) is 193 Å². The van der Waals surface area contributed by atoms with Gasteiger partial charge in [0.25, 0.3) is 0 Å². The van der Waals surface area contributed by atoms with Gasteiger partial charge in [-0.2, -0.15) is 86.2 Å². The summed E-state index contributed by atoms with van der Waals surface area (Å²) in [4.78, 5) is 35.9. The first kappa shape index (κ1) is 98.4. The maximum Gasteiger partial charge on any atom is 0.344 e. The van der Waals surface area contributed by atoms with Crippen molar-refractivity contribution in [2.24, 2.45) is 23.3 Å². The zero-order valence-corrected chi connectivity index (χ0v) is 69.9. The van der Waals surface area contributed by atoms with Crippen LogP contribution in [0.25, 0.3) is 0 Å². The van der Waals surface area contributed by atoms with Crippen molar-refractivity contribution in [2.75, 3.05) is 140 Å². The van der Waals surface area contributed by atoms with E-state index in [4.69, 9.17) is 40.4 Å². The van der Waals surface area contributed by atoms with Gasteiger partial charge in [-0.15, -0.1) is 0 Å². The minimum atomic E-state index is -0.500. The number of carbonyl (C=O) groups excluding carboxylic acids is 2. The summed E-state index contributed by atoms with van der Waals surface area (Å²) in [5.74, 6) is 3.26. The molecule has 5 heterocycles. The fourth-order valence-corrected chi connectivity index (χ4v) is 13.7. The summed E-state index contributed by atoms with van der Waals surface area (Å²) in [5, 5.41) is 19.2. The van der Waals surface area contributed by atoms with E-state index in [2.05, 4.69) is 78.7 Å². The Labute approximate surface area is 658 Å². The number of carbonyl (C=O) groups is 2. The molecule has 0 spiro atoms. The molecule has 6 atom stereocenters. The fraction of sp³-hybridized carbons (Fsp3) is 0.654. The second kappa shape index (κ2) is 53.2. The zero-order valence-electron chi connectivity index (χ0n) is 63.9. The lowest BCUT2D eigenvalue weighted by Gasteiger charge is -2.32. The van der Waals surface area contributed by atoms with Crippen LogP contribution in [0.1, 0.15) is 190 Å². The van der Waals surface area contributed by atoms with Gasteiger partial charge in [0.15, 0.2) is 13.2 Å². The third-order valence-electron chi connectivity index (χ3n) is 18.9. The number of likely N-dealkylation sites (N-methyl/N-ethyl adjacent to an activating group) is 3. The second-order valence-electron chi connectivity index (χ2n) is 29.3. The van der Waals surface area contributed by atoms with Crippen molar-refractivity contribution in [3.8, 4) is 23.3 Å². The van der Waals surface area contributed by atoms with Gasteiger partial charge >= 0.3 is 11.9 Å². The normalized spacial score (nSPS) is 18.5. The zero-order chi connectivity index (χ0) is 69.3. The molecule has 0 radical (unpaired) electrons. The van der Waals surface area contributed by atoms with E-state index in [1.165, 1.54) is 160 Å². The van der Waals surface area contributed by atoms with Crippen LogP contribution in [0.4, 0.5) is 0 Å². The van der Waals surface area contributed by atoms with E-state index < -0.39 is 11.2 Å². The van der Waals surface area contributed by atoms with Gasteiger partial charge in [-0.05, 0) is 275 Å². The predicted octanol–water partition coefficient (Wildman–Crippen LogP) is 12.1. The highest BCUT2D eigenvalue weighted by atomic mass is 32.1. The number of hydrogen-bond acceptors (Lipinski definition) is 18. The Morgan fingerprint density at radius 1 is 0.480 bits per heavy atom. The highest BCUT2D eigenvalue weighted by Gasteiger charge is 2.27. The minimum Gasteiger partial charge on any atom is -0.497 e. The molecule has 0 bridgehead atoms. The lowest BCUT2D eigenvalue weighted by molar-refractivity contribution is -0.158. The molecule has 5 aliphatic heterocycles. The molecule has 6 fully saturated rings. The molecule has 10 rings (SSSR count). The van der Waals surface area contributed by atoms with Crippen molar-refractivity contribution in [2.45, 2.75) is 180 Å². The van der Waals surface area contributed by atoms with Crippen molar-refractivity contribution < 1.29 is 33.3 Å². The van der Waals surface area contributed by atoms with Crippen molar-refractivity contribution in [1.82, 2.24) is 40.4 Å². The summed E-state index contributed by atoms with van der Waals surface area (Å²) in [6, 6.07) is 35.1. The van der Waals surface area contributed by atoms with Crippen LogP contribution in [0.15, 0.2) is 97.1 Å². The molecule has 582 valence electrons. The SMILES string of the molecule is CC(C)(C)OC(=O)COc1cccc([C@H](N)CN2CCCC2)c1.CN[C@H](CN1CCCC1)C1CCCCC1.CN[C@H](CN1CCCC1)c1cccc(C#N)c1.CN[C@H](CN1CCCC1)c1cccc(OCC(=O)OC(C)(C)C)c1.COc1cccc([C@H](N)CN2CC[C@H](C)C2)c1.S.S.S.S.S.S. The van der Waals surface area contributed by atoms with E-state index in [-0.39, 0.29) is 124 Å². The van der Waals surface area contributed by atoms with Crippen LogP contribution >= 0.6 is 81.0 Å². The number of nitrogens with zero attached hydrogens (tertiary/aromatic N) is 6. The van der Waals surface area contributed by atoms with Crippen molar-refractivity contribution in [3.05, 3.63) is 125 Å². The summed E-state index contributed by atoms with van der Waals surface area (Å²) in [6.45, 7) is 30.4. The van der Waals surface area contributed by atoms with Gasteiger partial charge in [0.2, 0.25) is 0 Å². The van der Waals surface area contributed by atoms with Crippen LogP contribution in [0, 0.1) is 23.2 Å². The molecular formula is C78H137N11O7S6. The third kappa shape index (κ3) is 38.3. The highest BCUT2D eigenvalue weighted by Crippen LogP contribution is 2.29. The van der Waals surface area contributed by atoms with Gasteiger partial charge in [0.1, 0.15) is 28.5 Å². The average Bonchev–Trinajstić information content (AvgIpc) is 1.07. The first-order valence-corrected chi connectivity index (χ1v) is 36.3. The number of methoxy groups -OCH3 is 1. The summed E-state index contributed by atoms with van der Waals surface area (Å²) < 4.78 is 26.9. The van der Waals surface area contributed by atoms with E-state index in [0.29, 0.717) is 17.5 Å². The number of esters is 2. The number of hydrogen-bond donors (Lipinski definition) is 5. The summed E-state index contributed by atoms with van der Waals surface area (Å²) in [6.07, 6.45) is 19.2. The number of nitrogens with two attached hydrogens (primary N) is 2. The molecule has 24 heteroatoms. The van der Waals surface area contributed by atoms with Crippen LogP contribution in [-0.2, 0) is 19.1 Å². The Morgan fingerprint density at radius 2 is 0.853 bits per heavy atom. The Hall–Kier alpha value is -3.59. The first-order chi connectivity index (χ1) is 46.1. The molecule has 1 aliphatic carbocycles. The molecule has 0 amide bonds. The summed E-state index contributed by atoms with van der Waals surface area (Å²) in [7, 11) is 7.80. The topological polar surface area (TPSA) is 208 Å². The molecular weight excluding hydrogens is 1400 g/mol. The lowest BCUT2D eigenvalue weighted by Crippen LogP contribution is -2.43. The molecule has 0 aromatic heterocycles. The van der Waals surface area contributed by atoms with Gasteiger partial charge in [-0.25, -0.2) is 9.59 Å². The fourth-order valence-electron chi connectivity index (χ4n) is 13.7. The molecule has 102 heavy (non-hydrogen) atoms. The molecule has 1 saturated carbocycles. The van der Waals surface area contributed by atoms with Crippen LogP contribution < -0.4 is 41.6 Å².